The molecule has 0 bridgehead atoms. The number of carbonyl (C=O) groups is 1. The standard InChI is InChI=1S/C31H30N4O2/c36-31(25-4-2-1-3-5-25)32-15-14-22-8-12-29-27(20-22)26-11-13-28(33-30(26)34-29)24-9-6-23(7-10-24)21-35-16-18-37-19-17-35/h1-13,20H,14-19,21H2,(H,32,36)(H,33,34). The first-order valence-electron chi connectivity index (χ1n) is 12.9. The van der Waals surface area contributed by atoms with Crippen LogP contribution in [0.15, 0.2) is 84.9 Å². The maximum Gasteiger partial charge on any atom is 0.251 e. The van der Waals surface area contributed by atoms with Crippen LogP contribution in [-0.2, 0) is 17.7 Å². The summed E-state index contributed by atoms with van der Waals surface area (Å²) in [4.78, 5) is 23.2. The lowest BCUT2D eigenvalue weighted by Crippen LogP contribution is -2.35. The molecule has 0 aliphatic carbocycles. The van der Waals surface area contributed by atoms with Gasteiger partial charge in [-0.15, -0.1) is 0 Å². The molecule has 0 radical (unpaired) electrons. The van der Waals surface area contributed by atoms with Gasteiger partial charge in [0, 0.05) is 53.6 Å². The van der Waals surface area contributed by atoms with Crippen molar-refractivity contribution < 1.29 is 9.53 Å². The molecule has 2 aromatic heterocycles. The van der Waals surface area contributed by atoms with Gasteiger partial charge in [-0.05, 0) is 53.9 Å². The van der Waals surface area contributed by atoms with Gasteiger partial charge < -0.3 is 15.0 Å². The largest absolute Gasteiger partial charge is 0.379 e. The van der Waals surface area contributed by atoms with E-state index in [0.29, 0.717) is 12.1 Å². The highest BCUT2D eigenvalue weighted by atomic mass is 16.5. The van der Waals surface area contributed by atoms with Gasteiger partial charge in [0.05, 0.1) is 18.9 Å². The van der Waals surface area contributed by atoms with Gasteiger partial charge in [-0.1, -0.05) is 48.5 Å². The van der Waals surface area contributed by atoms with E-state index in [-0.39, 0.29) is 5.91 Å². The van der Waals surface area contributed by atoms with Crippen LogP contribution in [0, 0.1) is 0 Å². The molecule has 2 N–H and O–H groups in total. The molecule has 3 aromatic carbocycles. The monoisotopic (exact) mass is 490 g/mol. The number of fused-ring (bicyclic) bond motifs is 3. The second-order valence-electron chi connectivity index (χ2n) is 9.55. The molecule has 6 rings (SSSR count). The zero-order chi connectivity index (χ0) is 25.0. The minimum Gasteiger partial charge on any atom is -0.379 e. The molecule has 1 amide bonds. The molecule has 37 heavy (non-hydrogen) atoms. The molecule has 186 valence electrons. The van der Waals surface area contributed by atoms with Gasteiger partial charge in [0.1, 0.15) is 5.65 Å². The van der Waals surface area contributed by atoms with Crippen LogP contribution >= 0.6 is 0 Å². The fourth-order valence-corrected chi connectivity index (χ4v) is 4.95. The summed E-state index contributed by atoms with van der Waals surface area (Å²) in [5.74, 6) is -0.0420. The summed E-state index contributed by atoms with van der Waals surface area (Å²) >= 11 is 0. The molecule has 0 unspecified atom stereocenters. The van der Waals surface area contributed by atoms with E-state index in [4.69, 9.17) is 9.72 Å². The Morgan fingerprint density at radius 2 is 1.68 bits per heavy atom. The highest BCUT2D eigenvalue weighted by Gasteiger charge is 2.12. The first-order chi connectivity index (χ1) is 18.2. The third kappa shape index (κ3) is 5.26. The van der Waals surface area contributed by atoms with Crippen LogP contribution in [0.25, 0.3) is 33.2 Å². The number of nitrogens with zero attached hydrogens (tertiary/aromatic N) is 2. The highest BCUT2D eigenvalue weighted by molar-refractivity contribution is 6.06. The molecule has 6 nitrogen and oxygen atoms in total. The van der Waals surface area contributed by atoms with Gasteiger partial charge >= 0.3 is 0 Å². The number of ether oxygens (including phenoxy) is 1. The maximum absolute atomic E-state index is 12.3. The van der Waals surface area contributed by atoms with Gasteiger partial charge in [0.15, 0.2) is 0 Å². The number of nitrogens with one attached hydrogen (secondary N) is 2. The Morgan fingerprint density at radius 3 is 2.49 bits per heavy atom. The number of aromatic nitrogens is 2. The normalized spacial score (nSPS) is 14.3. The lowest BCUT2D eigenvalue weighted by molar-refractivity contribution is 0.0342. The van der Waals surface area contributed by atoms with Crippen LogP contribution in [0.5, 0.6) is 0 Å². The van der Waals surface area contributed by atoms with E-state index < -0.39 is 0 Å². The molecule has 6 heteroatoms. The number of benzene rings is 3. The third-order valence-electron chi connectivity index (χ3n) is 7.02. The smallest absolute Gasteiger partial charge is 0.251 e. The zero-order valence-corrected chi connectivity index (χ0v) is 20.7. The van der Waals surface area contributed by atoms with Crippen molar-refractivity contribution in [3.05, 3.63) is 102 Å². The number of rotatable bonds is 7. The van der Waals surface area contributed by atoms with Crippen LogP contribution in [0.3, 0.4) is 0 Å². The molecule has 5 aromatic rings. The van der Waals surface area contributed by atoms with E-state index in [2.05, 4.69) is 69.8 Å². The molecule has 0 spiro atoms. The average Bonchev–Trinajstić information content (AvgIpc) is 3.32. The number of carbonyl (C=O) groups excluding carboxylic acids is 1. The number of amides is 1. The molecular formula is C31H30N4O2. The molecule has 1 aliphatic rings. The molecule has 0 atom stereocenters. The van der Waals surface area contributed by atoms with E-state index in [1.807, 2.05) is 30.3 Å². The lowest BCUT2D eigenvalue weighted by atomic mass is 10.1. The molecular weight excluding hydrogens is 460 g/mol. The van der Waals surface area contributed by atoms with Gasteiger partial charge in [-0.25, -0.2) is 4.98 Å². The average molecular weight is 491 g/mol. The minimum absolute atomic E-state index is 0.0420. The van der Waals surface area contributed by atoms with Crippen LogP contribution in [0.2, 0.25) is 0 Å². The van der Waals surface area contributed by atoms with E-state index in [9.17, 15) is 4.79 Å². The number of hydrogen-bond acceptors (Lipinski definition) is 4. The molecule has 1 fully saturated rings. The fraction of sp³-hybridized carbons (Fsp3) is 0.226. The first kappa shape index (κ1) is 23.4. The van der Waals surface area contributed by atoms with Crippen LogP contribution in [0.1, 0.15) is 21.5 Å². The minimum atomic E-state index is -0.0420. The van der Waals surface area contributed by atoms with Crippen LogP contribution in [0.4, 0.5) is 0 Å². The van der Waals surface area contributed by atoms with E-state index in [1.165, 1.54) is 11.1 Å². The number of hydrogen-bond donors (Lipinski definition) is 2. The van der Waals surface area contributed by atoms with Crippen molar-refractivity contribution >= 4 is 27.8 Å². The molecule has 1 aliphatic heterocycles. The van der Waals surface area contributed by atoms with E-state index >= 15 is 0 Å². The van der Waals surface area contributed by atoms with Crippen molar-refractivity contribution in [3.63, 3.8) is 0 Å². The molecule has 1 saturated heterocycles. The Morgan fingerprint density at radius 1 is 0.892 bits per heavy atom. The van der Waals surface area contributed by atoms with Gasteiger partial charge in [0.25, 0.3) is 5.91 Å². The second-order valence-corrected chi connectivity index (χ2v) is 9.55. The SMILES string of the molecule is O=C(NCCc1ccc2[nH]c3nc(-c4ccc(CN5CCOCC5)cc4)ccc3c2c1)c1ccccc1. The Bertz CT molecular complexity index is 1520. The summed E-state index contributed by atoms with van der Waals surface area (Å²) in [7, 11) is 0. The van der Waals surface area contributed by atoms with Crippen LogP contribution in [-0.4, -0.2) is 53.6 Å². The highest BCUT2D eigenvalue weighted by Crippen LogP contribution is 2.28. The fourth-order valence-electron chi connectivity index (χ4n) is 4.95. The summed E-state index contributed by atoms with van der Waals surface area (Å²) in [5, 5.41) is 5.28. The summed E-state index contributed by atoms with van der Waals surface area (Å²) in [5.41, 5.74) is 7.20. The predicted octanol–water partition coefficient (Wildman–Crippen LogP) is 5.19. The quantitative estimate of drug-likeness (QED) is 0.330. The van der Waals surface area contributed by atoms with Crippen molar-refractivity contribution in [2.75, 3.05) is 32.8 Å². The number of pyridine rings is 1. The van der Waals surface area contributed by atoms with Crippen LogP contribution < -0.4 is 5.32 Å². The second kappa shape index (κ2) is 10.5. The molecule has 0 saturated carbocycles. The van der Waals surface area contributed by atoms with Gasteiger partial charge in [-0.2, -0.15) is 0 Å². The summed E-state index contributed by atoms with van der Waals surface area (Å²) in [6.45, 7) is 5.16. The topological polar surface area (TPSA) is 70.2 Å². The Kier molecular flexibility index (Phi) is 6.67. The van der Waals surface area contributed by atoms with Crippen molar-refractivity contribution in [2.45, 2.75) is 13.0 Å². The van der Waals surface area contributed by atoms with Crippen molar-refractivity contribution in [3.8, 4) is 11.3 Å². The van der Waals surface area contributed by atoms with E-state index in [1.54, 1.807) is 0 Å². The summed E-state index contributed by atoms with van der Waals surface area (Å²) < 4.78 is 5.45. The summed E-state index contributed by atoms with van der Waals surface area (Å²) in [6.07, 6.45) is 0.767. The Labute approximate surface area is 216 Å². The number of morpholine rings is 1. The predicted molar refractivity (Wildman–Crippen MR) is 148 cm³/mol. The number of H-pyrrole nitrogens is 1. The Balaban J connectivity index is 1.15. The first-order valence-corrected chi connectivity index (χ1v) is 12.9. The lowest BCUT2D eigenvalue weighted by Gasteiger charge is -2.26. The summed E-state index contributed by atoms with van der Waals surface area (Å²) in [6, 6.07) is 28.7. The van der Waals surface area contributed by atoms with Crippen molar-refractivity contribution in [1.29, 1.82) is 0 Å². The van der Waals surface area contributed by atoms with E-state index in [0.717, 1.165) is 72.5 Å². The number of aromatic amines is 1. The third-order valence-corrected chi connectivity index (χ3v) is 7.02. The molecule has 3 heterocycles. The Hall–Kier alpha value is -4.00. The van der Waals surface area contributed by atoms with Crippen molar-refractivity contribution in [2.24, 2.45) is 0 Å². The van der Waals surface area contributed by atoms with Gasteiger partial charge in [0.2, 0.25) is 0 Å². The maximum atomic E-state index is 12.3. The van der Waals surface area contributed by atoms with Crippen molar-refractivity contribution in [1.82, 2.24) is 20.2 Å². The van der Waals surface area contributed by atoms with Gasteiger partial charge in [-0.3, -0.25) is 9.69 Å². The zero-order valence-electron chi connectivity index (χ0n) is 20.7.